The summed E-state index contributed by atoms with van der Waals surface area (Å²) < 4.78 is 0. The number of rotatable bonds is 7. The summed E-state index contributed by atoms with van der Waals surface area (Å²) in [6.45, 7) is 5.85. The highest BCUT2D eigenvalue weighted by Gasteiger charge is 2.21. The number of imidazole rings is 1. The molecule has 0 saturated carbocycles. The van der Waals surface area contributed by atoms with E-state index < -0.39 is 12.0 Å². The predicted molar refractivity (Wildman–Crippen MR) is 88.2 cm³/mol. The molecule has 2 rings (SSSR count). The SMILES string of the molecule is Cc1cccc2[nH]c(CCC(=O)N[C@H](CC(C)C)C(=O)O)nc12. The zero-order chi connectivity index (χ0) is 17.0. The Morgan fingerprint density at radius 3 is 2.70 bits per heavy atom. The van der Waals surface area contributed by atoms with Crippen molar-refractivity contribution in [2.75, 3.05) is 0 Å². The van der Waals surface area contributed by atoms with Gasteiger partial charge in [0.25, 0.3) is 0 Å². The maximum Gasteiger partial charge on any atom is 0.326 e. The molecule has 23 heavy (non-hydrogen) atoms. The molecule has 2 aromatic rings. The molecule has 0 spiro atoms. The van der Waals surface area contributed by atoms with Crippen molar-refractivity contribution in [2.24, 2.45) is 5.92 Å². The minimum Gasteiger partial charge on any atom is -0.480 e. The number of aryl methyl sites for hydroxylation is 2. The standard InChI is InChI=1S/C17H23N3O3/c1-10(2)9-13(17(22)23)19-15(21)8-7-14-18-12-6-4-5-11(3)16(12)20-14/h4-6,10,13H,7-9H2,1-3H3,(H,18,20)(H,19,21)(H,22,23)/t13-/m1/s1. The van der Waals surface area contributed by atoms with Crippen LogP contribution in [0.2, 0.25) is 0 Å². The van der Waals surface area contributed by atoms with E-state index in [2.05, 4.69) is 15.3 Å². The van der Waals surface area contributed by atoms with Crippen LogP contribution >= 0.6 is 0 Å². The van der Waals surface area contributed by atoms with Crippen LogP contribution in [0, 0.1) is 12.8 Å². The van der Waals surface area contributed by atoms with E-state index in [0.29, 0.717) is 12.8 Å². The van der Waals surface area contributed by atoms with Gasteiger partial charge in [-0.1, -0.05) is 26.0 Å². The summed E-state index contributed by atoms with van der Waals surface area (Å²) in [5, 5.41) is 11.7. The Hall–Kier alpha value is -2.37. The Kier molecular flexibility index (Phi) is 5.36. The highest BCUT2D eigenvalue weighted by Crippen LogP contribution is 2.16. The van der Waals surface area contributed by atoms with Crippen LogP contribution < -0.4 is 5.32 Å². The van der Waals surface area contributed by atoms with Crippen LogP contribution in [-0.4, -0.2) is 33.0 Å². The van der Waals surface area contributed by atoms with Gasteiger partial charge in [-0.15, -0.1) is 0 Å². The van der Waals surface area contributed by atoms with Gasteiger partial charge in [-0.05, 0) is 30.9 Å². The van der Waals surface area contributed by atoms with Crippen molar-refractivity contribution in [3.05, 3.63) is 29.6 Å². The maximum atomic E-state index is 12.0. The largest absolute Gasteiger partial charge is 0.480 e. The molecule has 124 valence electrons. The molecule has 0 fully saturated rings. The first-order chi connectivity index (χ1) is 10.9. The third kappa shape index (κ3) is 4.55. The second kappa shape index (κ2) is 7.26. The lowest BCUT2D eigenvalue weighted by Gasteiger charge is -2.16. The van der Waals surface area contributed by atoms with Gasteiger partial charge in [0, 0.05) is 12.8 Å². The molecule has 1 aromatic carbocycles. The Morgan fingerprint density at radius 1 is 1.35 bits per heavy atom. The third-order valence-electron chi connectivity index (χ3n) is 3.69. The zero-order valence-corrected chi connectivity index (χ0v) is 13.7. The van der Waals surface area contributed by atoms with Gasteiger partial charge in [0.05, 0.1) is 11.0 Å². The number of aromatic nitrogens is 2. The number of carboxylic acids is 1. The lowest BCUT2D eigenvalue weighted by molar-refractivity contribution is -0.142. The average Bonchev–Trinajstić information content (AvgIpc) is 2.88. The van der Waals surface area contributed by atoms with E-state index in [9.17, 15) is 9.59 Å². The second-order valence-corrected chi connectivity index (χ2v) is 6.24. The van der Waals surface area contributed by atoms with E-state index in [1.165, 1.54) is 0 Å². The van der Waals surface area contributed by atoms with E-state index in [4.69, 9.17) is 5.11 Å². The molecule has 0 bridgehead atoms. The monoisotopic (exact) mass is 317 g/mol. The summed E-state index contributed by atoms with van der Waals surface area (Å²) >= 11 is 0. The fourth-order valence-electron chi connectivity index (χ4n) is 2.54. The summed E-state index contributed by atoms with van der Waals surface area (Å²) in [5.41, 5.74) is 2.94. The summed E-state index contributed by atoms with van der Waals surface area (Å²) in [4.78, 5) is 30.8. The van der Waals surface area contributed by atoms with Gasteiger partial charge in [0.2, 0.25) is 5.91 Å². The Balaban J connectivity index is 1.94. The topological polar surface area (TPSA) is 95.1 Å². The lowest BCUT2D eigenvalue weighted by Crippen LogP contribution is -2.41. The summed E-state index contributed by atoms with van der Waals surface area (Å²) in [7, 11) is 0. The third-order valence-corrected chi connectivity index (χ3v) is 3.69. The second-order valence-electron chi connectivity index (χ2n) is 6.24. The molecule has 1 atom stereocenters. The number of carbonyl (C=O) groups is 2. The number of para-hydroxylation sites is 1. The van der Waals surface area contributed by atoms with Crippen LogP contribution in [0.3, 0.4) is 0 Å². The van der Waals surface area contributed by atoms with Gasteiger partial charge in [-0.2, -0.15) is 0 Å². The summed E-state index contributed by atoms with van der Waals surface area (Å²) in [6.07, 6.45) is 1.08. The predicted octanol–water partition coefficient (Wildman–Crippen LogP) is 2.42. The van der Waals surface area contributed by atoms with Crippen LogP contribution in [0.25, 0.3) is 11.0 Å². The van der Waals surface area contributed by atoms with Crippen molar-refractivity contribution in [3.63, 3.8) is 0 Å². The molecule has 6 heteroatoms. The molecular weight excluding hydrogens is 294 g/mol. The number of aromatic amines is 1. The van der Waals surface area contributed by atoms with Crippen molar-refractivity contribution in [1.82, 2.24) is 15.3 Å². The molecule has 0 unspecified atom stereocenters. The minimum absolute atomic E-state index is 0.203. The highest BCUT2D eigenvalue weighted by molar-refractivity contribution is 5.83. The number of hydrogen-bond acceptors (Lipinski definition) is 3. The van der Waals surface area contributed by atoms with E-state index in [1.54, 1.807) is 0 Å². The number of nitrogens with one attached hydrogen (secondary N) is 2. The number of carbonyl (C=O) groups excluding carboxylic acids is 1. The first kappa shape index (κ1) is 17.0. The molecule has 0 aliphatic rings. The molecule has 0 aliphatic heterocycles. The van der Waals surface area contributed by atoms with Gasteiger partial charge in [0.15, 0.2) is 0 Å². The van der Waals surface area contributed by atoms with E-state index in [1.807, 2.05) is 39.0 Å². The fraction of sp³-hybridized carbons (Fsp3) is 0.471. The van der Waals surface area contributed by atoms with Crippen LogP contribution in [0.4, 0.5) is 0 Å². The van der Waals surface area contributed by atoms with Crippen LogP contribution in [0.5, 0.6) is 0 Å². The Labute approximate surface area is 135 Å². The van der Waals surface area contributed by atoms with Crippen LogP contribution in [-0.2, 0) is 16.0 Å². The van der Waals surface area contributed by atoms with Gasteiger partial charge in [-0.3, -0.25) is 4.79 Å². The molecular formula is C17H23N3O3. The average molecular weight is 317 g/mol. The van der Waals surface area contributed by atoms with Crippen LogP contribution in [0.15, 0.2) is 18.2 Å². The summed E-state index contributed by atoms with van der Waals surface area (Å²) in [5.74, 6) is -0.323. The number of fused-ring (bicyclic) bond motifs is 1. The van der Waals surface area contributed by atoms with E-state index in [0.717, 1.165) is 22.4 Å². The van der Waals surface area contributed by atoms with E-state index >= 15 is 0 Å². The number of nitrogens with zero attached hydrogens (tertiary/aromatic N) is 1. The molecule has 0 saturated heterocycles. The van der Waals surface area contributed by atoms with Crippen molar-refractivity contribution in [2.45, 2.75) is 46.1 Å². The van der Waals surface area contributed by atoms with Gasteiger partial charge in [-0.25, -0.2) is 9.78 Å². The molecule has 3 N–H and O–H groups in total. The number of hydrogen-bond donors (Lipinski definition) is 3. The quantitative estimate of drug-likeness (QED) is 0.731. The minimum atomic E-state index is -0.994. The first-order valence-electron chi connectivity index (χ1n) is 7.83. The number of amides is 1. The van der Waals surface area contributed by atoms with Crippen molar-refractivity contribution >= 4 is 22.9 Å². The van der Waals surface area contributed by atoms with Gasteiger partial charge in [0.1, 0.15) is 11.9 Å². The molecule has 0 radical (unpaired) electrons. The maximum absolute atomic E-state index is 12.0. The van der Waals surface area contributed by atoms with Crippen molar-refractivity contribution in [1.29, 1.82) is 0 Å². The van der Waals surface area contributed by atoms with Crippen molar-refractivity contribution in [3.8, 4) is 0 Å². The summed E-state index contributed by atoms with van der Waals surface area (Å²) in [6, 6.07) is 5.06. The van der Waals surface area contributed by atoms with Gasteiger partial charge < -0.3 is 15.4 Å². The Morgan fingerprint density at radius 2 is 2.09 bits per heavy atom. The molecule has 0 aliphatic carbocycles. The highest BCUT2D eigenvalue weighted by atomic mass is 16.4. The molecule has 6 nitrogen and oxygen atoms in total. The molecule has 1 amide bonds. The van der Waals surface area contributed by atoms with Crippen LogP contribution in [0.1, 0.15) is 38.1 Å². The molecule has 1 heterocycles. The van der Waals surface area contributed by atoms with Gasteiger partial charge >= 0.3 is 5.97 Å². The lowest BCUT2D eigenvalue weighted by atomic mass is 10.0. The molecule has 1 aromatic heterocycles. The van der Waals surface area contributed by atoms with Crippen molar-refractivity contribution < 1.29 is 14.7 Å². The number of carboxylic acid groups (broad SMARTS) is 1. The Bertz CT molecular complexity index is 706. The normalized spacial score (nSPS) is 12.5. The smallest absolute Gasteiger partial charge is 0.326 e. The number of aliphatic carboxylic acids is 1. The number of benzene rings is 1. The fourth-order valence-corrected chi connectivity index (χ4v) is 2.54. The number of H-pyrrole nitrogens is 1. The first-order valence-corrected chi connectivity index (χ1v) is 7.83. The zero-order valence-electron chi connectivity index (χ0n) is 13.7. The van der Waals surface area contributed by atoms with E-state index in [-0.39, 0.29) is 18.2 Å².